The van der Waals surface area contributed by atoms with E-state index in [1.807, 2.05) is 25.1 Å². The molecule has 0 saturated heterocycles. The zero-order valence-electron chi connectivity index (χ0n) is 10.0. The van der Waals surface area contributed by atoms with Crippen LogP contribution >= 0.6 is 0 Å². The molecular weight excluding hydrogens is 212 g/mol. The van der Waals surface area contributed by atoms with Crippen molar-refractivity contribution in [2.24, 2.45) is 0 Å². The first kappa shape index (κ1) is 13.1. The Bertz CT molecular complexity index is 435. The minimum atomic E-state index is -0.279. The molecule has 0 aliphatic heterocycles. The first-order valence-corrected chi connectivity index (χ1v) is 5.56. The first-order chi connectivity index (χ1) is 8.20. The van der Waals surface area contributed by atoms with Crippen molar-refractivity contribution in [3.63, 3.8) is 0 Å². The SMILES string of the molecule is C=C(C)C#CCCCOC(=O)c1ccccc1. The number of ether oxygens (including phenoxy) is 1. The number of hydrogen-bond acceptors (Lipinski definition) is 2. The highest BCUT2D eigenvalue weighted by Gasteiger charge is 2.04. The van der Waals surface area contributed by atoms with Gasteiger partial charge in [0.2, 0.25) is 0 Å². The van der Waals surface area contributed by atoms with Crippen LogP contribution < -0.4 is 0 Å². The van der Waals surface area contributed by atoms with Gasteiger partial charge in [-0.15, -0.1) is 0 Å². The van der Waals surface area contributed by atoms with Gasteiger partial charge in [-0.2, -0.15) is 0 Å². The van der Waals surface area contributed by atoms with Crippen molar-refractivity contribution < 1.29 is 9.53 Å². The molecule has 1 aromatic rings. The number of benzene rings is 1. The molecule has 0 radical (unpaired) electrons. The summed E-state index contributed by atoms with van der Waals surface area (Å²) in [4.78, 5) is 11.5. The van der Waals surface area contributed by atoms with E-state index in [1.54, 1.807) is 12.1 Å². The lowest BCUT2D eigenvalue weighted by atomic mass is 10.2. The molecular formula is C15H16O2. The summed E-state index contributed by atoms with van der Waals surface area (Å²) in [6, 6.07) is 8.97. The molecule has 0 fully saturated rings. The Balaban J connectivity index is 2.22. The van der Waals surface area contributed by atoms with Gasteiger partial charge in [0.25, 0.3) is 0 Å². The Morgan fingerprint density at radius 3 is 2.71 bits per heavy atom. The number of rotatable bonds is 4. The van der Waals surface area contributed by atoms with Gasteiger partial charge in [0.05, 0.1) is 12.2 Å². The van der Waals surface area contributed by atoms with Crippen molar-refractivity contribution in [2.45, 2.75) is 19.8 Å². The van der Waals surface area contributed by atoms with Gasteiger partial charge in [0, 0.05) is 6.42 Å². The normalized spacial score (nSPS) is 9.00. The van der Waals surface area contributed by atoms with E-state index in [0.717, 1.165) is 18.4 Å². The van der Waals surface area contributed by atoms with E-state index in [0.29, 0.717) is 12.2 Å². The van der Waals surface area contributed by atoms with Crippen LogP contribution in [0, 0.1) is 11.8 Å². The van der Waals surface area contributed by atoms with Gasteiger partial charge in [-0.3, -0.25) is 0 Å². The van der Waals surface area contributed by atoms with Crippen LogP contribution in [0.1, 0.15) is 30.1 Å². The summed E-state index contributed by atoms with van der Waals surface area (Å²) < 4.78 is 5.11. The van der Waals surface area contributed by atoms with Gasteiger partial charge in [-0.25, -0.2) is 4.79 Å². The number of carbonyl (C=O) groups excluding carboxylic acids is 1. The fourth-order valence-corrected chi connectivity index (χ4v) is 1.20. The van der Waals surface area contributed by atoms with Crippen LogP contribution in [0.5, 0.6) is 0 Å². The average molecular weight is 228 g/mol. The summed E-state index contributed by atoms with van der Waals surface area (Å²) in [5.41, 5.74) is 1.44. The Hall–Kier alpha value is -2.01. The molecule has 1 rings (SSSR count). The number of hydrogen-bond donors (Lipinski definition) is 0. The van der Waals surface area contributed by atoms with Crippen molar-refractivity contribution in [2.75, 3.05) is 6.61 Å². The number of unbranched alkanes of at least 4 members (excludes halogenated alkanes) is 1. The maximum Gasteiger partial charge on any atom is 0.338 e. The summed E-state index contributed by atoms with van der Waals surface area (Å²) in [6.45, 7) is 5.95. The molecule has 0 unspecified atom stereocenters. The Kier molecular flexibility index (Phi) is 5.60. The topological polar surface area (TPSA) is 26.3 Å². The van der Waals surface area contributed by atoms with Crippen LogP contribution in [0.4, 0.5) is 0 Å². The van der Waals surface area contributed by atoms with E-state index >= 15 is 0 Å². The van der Waals surface area contributed by atoms with Crippen LogP contribution in [0.2, 0.25) is 0 Å². The molecule has 0 spiro atoms. The molecule has 2 heteroatoms. The Morgan fingerprint density at radius 1 is 1.35 bits per heavy atom. The summed E-state index contributed by atoms with van der Waals surface area (Å²) in [6.07, 6.45) is 1.47. The zero-order chi connectivity index (χ0) is 12.5. The molecule has 17 heavy (non-hydrogen) atoms. The van der Waals surface area contributed by atoms with Crippen LogP contribution in [0.15, 0.2) is 42.5 Å². The number of carbonyl (C=O) groups is 1. The predicted octanol–water partition coefficient (Wildman–Crippen LogP) is 3.20. The van der Waals surface area contributed by atoms with Gasteiger partial charge in [0.1, 0.15) is 0 Å². The molecule has 0 aliphatic rings. The molecule has 0 bridgehead atoms. The third kappa shape index (κ3) is 5.58. The Morgan fingerprint density at radius 2 is 2.06 bits per heavy atom. The fourth-order valence-electron chi connectivity index (χ4n) is 1.20. The smallest absolute Gasteiger partial charge is 0.338 e. The highest BCUT2D eigenvalue weighted by molar-refractivity contribution is 5.89. The summed E-state index contributed by atoms with van der Waals surface area (Å²) >= 11 is 0. The van der Waals surface area contributed by atoms with Crippen LogP contribution in [-0.2, 0) is 4.74 Å². The van der Waals surface area contributed by atoms with Crippen molar-refractivity contribution in [3.8, 4) is 11.8 Å². The largest absolute Gasteiger partial charge is 0.462 e. The second-order valence-corrected chi connectivity index (χ2v) is 3.69. The molecule has 0 aliphatic carbocycles. The standard InChI is InChI=1S/C15H16O2/c1-13(2)9-5-4-8-12-17-15(16)14-10-6-3-7-11-14/h3,6-7,10-11H,1,4,8,12H2,2H3. The van der Waals surface area contributed by atoms with Crippen molar-refractivity contribution in [1.29, 1.82) is 0 Å². The molecule has 2 nitrogen and oxygen atoms in total. The molecule has 1 aromatic carbocycles. The van der Waals surface area contributed by atoms with Crippen LogP contribution in [0.3, 0.4) is 0 Å². The van der Waals surface area contributed by atoms with Gasteiger partial charge in [-0.1, -0.05) is 36.6 Å². The zero-order valence-corrected chi connectivity index (χ0v) is 10.0. The van der Waals surface area contributed by atoms with Gasteiger partial charge >= 0.3 is 5.97 Å². The van der Waals surface area contributed by atoms with E-state index in [2.05, 4.69) is 18.4 Å². The highest BCUT2D eigenvalue weighted by Crippen LogP contribution is 2.01. The monoisotopic (exact) mass is 228 g/mol. The maximum atomic E-state index is 11.5. The maximum absolute atomic E-state index is 11.5. The van der Waals surface area contributed by atoms with Gasteiger partial charge < -0.3 is 4.74 Å². The van der Waals surface area contributed by atoms with E-state index in [9.17, 15) is 4.79 Å². The number of allylic oxidation sites excluding steroid dienone is 1. The first-order valence-electron chi connectivity index (χ1n) is 5.56. The lowest BCUT2D eigenvalue weighted by Gasteiger charge is -2.02. The molecule has 0 atom stereocenters. The Labute approximate surface area is 102 Å². The van der Waals surface area contributed by atoms with Gasteiger partial charge in [-0.05, 0) is 31.1 Å². The lowest BCUT2D eigenvalue weighted by Crippen LogP contribution is -2.05. The molecule has 0 saturated carbocycles. The highest BCUT2D eigenvalue weighted by atomic mass is 16.5. The van der Waals surface area contributed by atoms with E-state index < -0.39 is 0 Å². The predicted molar refractivity (Wildman–Crippen MR) is 68.5 cm³/mol. The fraction of sp³-hybridized carbons (Fsp3) is 0.267. The quantitative estimate of drug-likeness (QED) is 0.449. The third-order valence-electron chi connectivity index (χ3n) is 1.99. The van der Waals surface area contributed by atoms with Crippen molar-refractivity contribution >= 4 is 5.97 Å². The average Bonchev–Trinajstić information content (AvgIpc) is 2.34. The molecule has 88 valence electrons. The summed E-state index contributed by atoms with van der Waals surface area (Å²) in [5.74, 6) is 5.56. The minimum Gasteiger partial charge on any atom is -0.462 e. The van der Waals surface area contributed by atoms with Crippen LogP contribution in [-0.4, -0.2) is 12.6 Å². The summed E-state index contributed by atoms with van der Waals surface area (Å²) in [5, 5.41) is 0. The molecule has 0 amide bonds. The second kappa shape index (κ2) is 7.29. The third-order valence-corrected chi connectivity index (χ3v) is 1.99. The molecule has 0 N–H and O–H groups in total. The van der Waals surface area contributed by atoms with E-state index in [-0.39, 0.29) is 5.97 Å². The van der Waals surface area contributed by atoms with Gasteiger partial charge in [0.15, 0.2) is 0 Å². The minimum absolute atomic E-state index is 0.279. The second-order valence-electron chi connectivity index (χ2n) is 3.69. The van der Waals surface area contributed by atoms with Crippen LogP contribution in [0.25, 0.3) is 0 Å². The lowest BCUT2D eigenvalue weighted by molar-refractivity contribution is 0.0502. The summed E-state index contributed by atoms with van der Waals surface area (Å²) in [7, 11) is 0. The van der Waals surface area contributed by atoms with Crippen molar-refractivity contribution in [1.82, 2.24) is 0 Å². The van der Waals surface area contributed by atoms with E-state index in [1.165, 1.54) is 0 Å². The van der Waals surface area contributed by atoms with E-state index in [4.69, 9.17) is 4.74 Å². The van der Waals surface area contributed by atoms with Crippen molar-refractivity contribution in [3.05, 3.63) is 48.0 Å². The number of esters is 1. The molecule has 0 aromatic heterocycles. The molecule has 0 heterocycles.